The predicted octanol–water partition coefficient (Wildman–Crippen LogP) is -1.02. The Hall–Kier alpha value is -2.16. The molecular formula is C14H21N3O5. The summed E-state index contributed by atoms with van der Waals surface area (Å²) >= 11 is 0. The van der Waals surface area contributed by atoms with Crippen LogP contribution in [0.25, 0.3) is 0 Å². The Morgan fingerprint density at radius 2 is 2.00 bits per heavy atom. The molecule has 0 aliphatic rings. The van der Waals surface area contributed by atoms with Crippen LogP contribution in [-0.2, 0) is 9.59 Å². The number of hydrogen-bond acceptors (Lipinski definition) is 6. The van der Waals surface area contributed by atoms with E-state index in [0.29, 0.717) is 5.56 Å². The minimum atomic E-state index is -1.20. The van der Waals surface area contributed by atoms with E-state index in [1.165, 1.54) is 6.92 Å². The Bertz CT molecular complexity index is 509. The van der Waals surface area contributed by atoms with Crippen LogP contribution < -0.4 is 21.3 Å². The van der Waals surface area contributed by atoms with Crippen LogP contribution in [0.3, 0.4) is 0 Å². The minimum absolute atomic E-state index is 0.179. The molecule has 0 aliphatic heterocycles. The van der Waals surface area contributed by atoms with E-state index in [9.17, 15) is 19.8 Å². The predicted molar refractivity (Wildman–Crippen MR) is 78.5 cm³/mol. The maximum atomic E-state index is 11.1. The minimum Gasteiger partial charge on any atom is -0.483 e. The van der Waals surface area contributed by atoms with E-state index in [1.54, 1.807) is 24.3 Å². The molecule has 0 heterocycles. The summed E-state index contributed by atoms with van der Waals surface area (Å²) in [7, 11) is 0. The van der Waals surface area contributed by atoms with Crippen LogP contribution in [0.2, 0.25) is 0 Å². The zero-order chi connectivity index (χ0) is 16.5. The molecule has 0 bridgehead atoms. The van der Waals surface area contributed by atoms with Gasteiger partial charge in [-0.1, -0.05) is 18.2 Å². The average molecular weight is 311 g/mol. The number of ether oxygens (including phenoxy) is 1. The fourth-order valence-electron chi connectivity index (χ4n) is 1.80. The van der Waals surface area contributed by atoms with Gasteiger partial charge in [-0.25, -0.2) is 5.84 Å². The van der Waals surface area contributed by atoms with Gasteiger partial charge in [-0.3, -0.25) is 15.0 Å². The van der Waals surface area contributed by atoms with Crippen molar-refractivity contribution in [2.24, 2.45) is 5.84 Å². The maximum Gasteiger partial charge on any atom is 0.271 e. The van der Waals surface area contributed by atoms with E-state index >= 15 is 0 Å². The molecule has 8 nitrogen and oxygen atoms in total. The molecule has 0 radical (unpaired) electrons. The van der Waals surface area contributed by atoms with Crippen LogP contribution in [0.5, 0.6) is 5.75 Å². The highest BCUT2D eigenvalue weighted by molar-refractivity contribution is 5.76. The highest BCUT2D eigenvalue weighted by Gasteiger charge is 2.21. The molecule has 22 heavy (non-hydrogen) atoms. The molecule has 0 saturated carbocycles. The van der Waals surface area contributed by atoms with E-state index in [-0.39, 0.29) is 31.2 Å². The summed E-state index contributed by atoms with van der Waals surface area (Å²) in [6, 6.07) is 6.51. The Morgan fingerprint density at radius 1 is 1.32 bits per heavy atom. The van der Waals surface area contributed by atoms with Crippen molar-refractivity contribution in [3.63, 3.8) is 0 Å². The third-order valence-electron chi connectivity index (χ3n) is 2.94. The first-order chi connectivity index (χ1) is 10.5. The second-order valence-corrected chi connectivity index (χ2v) is 4.68. The molecule has 0 aromatic heterocycles. The number of para-hydroxylation sites is 1. The first-order valence-electron chi connectivity index (χ1n) is 6.77. The Kier molecular flexibility index (Phi) is 7.30. The highest BCUT2D eigenvalue weighted by atomic mass is 16.5. The van der Waals surface area contributed by atoms with Gasteiger partial charge in [0.1, 0.15) is 11.9 Å². The molecule has 2 amide bonds. The number of aliphatic hydroxyl groups is 2. The number of hydrazine groups is 1. The number of amides is 2. The van der Waals surface area contributed by atoms with Crippen LogP contribution in [0, 0.1) is 0 Å². The van der Waals surface area contributed by atoms with Crippen molar-refractivity contribution in [2.45, 2.75) is 25.6 Å². The van der Waals surface area contributed by atoms with Crippen LogP contribution in [0.1, 0.15) is 25.0 Å². The molecule has 6 N–H and O–H groups in total. The van der Waals surface area contributed by atoms with Crippen molar-refractivity contribution >= 4 is 11.8 Å². The Labute approximate surface area is 128 Å². The van der Waals surface area contributed by atoms with Gasteiger partial charge >= 0.3 is 0 Å². The van der Waals surface area contributed by atoms with Gasteiger partial charge in [0.05, 0.1) is 6.10 Å². The Morgan fingerprint density at radius 3 is 2.64 bits per heavy atom. The summed E-state index contributed by atoms with van der Waals surface area (Å²) in [6.07, 6.45) is -2.11. The lowest BCUT2D eigenvalue weighted by molar-refractivity contribution is -0.123. The number of carbonyl (C=O) groups excluding carboxylic acids is 2. The summed E-state index contributed by atoms with van der Waals surface area (Å²) in [5, 5.41) is 22.7. The van der Waals surface area contributed by atoms with Gasteiger partial charge < -0.3 is 20.3 Å². The monoisotopic (exact) mass is 311 g/mol. The fraction of sp³-hybridized carbons (Fsp3) is 0.429. The molecular weight excluding hydrogens is 290 g/mol. The molecule has 1 aromatic rings. The van der Waals surface area contributed by atoms with Gasteiger partial charge in [0.15, 0.2) is 6.61 Å². The SMILES string of the molecule is CC(=O)NCCC(O)C(O)c1ccccc1OCC(=O)NN. The number of nitrogens with one attached hydrogen (secondary N) is 2. The zero-order valence-corrected chi connectivity index (χ0v) is 12.3. The van der Waals surface area contributed by atoms with E-state index in [1.807, 2.05) is 5.43 Å². The lowest BCUT2D eigenvalue weighted by atomic mass is 10.0. The summed E-state index contributed by atoms with van der Waals surface area (Å²) in [4.78, 5) is 21.9. The number of aliphatic hydroxyl groups excluding tert-OH is 2. The Balaban J connectivity index is 2.69. The lowest BCUT2D eigenvalue weighted by Crippen LogP contribution is -2.34. The number of carbonyl (C=O) groups is 2. The zero-order valence-electron chi connectivity index (χ0n) is 12.3. The van der Waals surface area contributed by atoms with Crippen LogP contribution in [0.15, 0.2) is 24.3 Å². The molecule has 122 valence electrons. The van der Waals surface area contributed by atoms with Gasteiger partial charge in [0, 0.05) is 19.0 Å². The second-order valence-electron chi connectivity index (χ2n) is 4.68. The molecule has 0 saturated heterocycles. The first kappa shape index (κ1) is 17.9. The molecule has 2 atom stereocenters. The largest absolute Gasteiger partial charge is 0.483 e. The summed E-state index contributed by atoms with van der Waals surface area (Å²) in [5.41, 5.74) is 2.28. The molecule has 1 aromatic carbocycles. The third kappa shape index (κ3) is 5.68. The van der Waals surface area contributed by atoms with E-state index in [4.69, 9.17) is 10.6 Å². The molecule has 2 unspecified atom stereocenters. The van der Waals surface area contributed by atoms with Crippen LogP contribution in [-0.4, -0.2) is 41.3 Å². The molecule has 0 aliphatic carbocycles. The number of nitrogens with two attached hydrogens (primary N) is 1. The van der Waals surface area contributed by atoms with Crippen molar-refractivity contribution in [1.29, 1.82) is 0 Å². The standard InChI is InChI=1S/C14H21N3O5/c1-9(18)16-7-6-11(19)14(21)10-4-2-3-5-12(10)22-8-13(20)17-15/h2-5,11,14,19,21H,6-8,15H2,1H3,(H,16,18)(H,17,20). The normalized spacial score (nSPS) is 13.1. The lowest BCUT2D eigenvalue weighted by Gasteiger charge is -2.20. The second kappa shape index (κ2) is 8.98. The van der Waals surface area contributed by atoms with E-state index in [0.717, 1.165) is 0 Å². The topological polar surface area (TPSA) is 134 Å². The van der Waals surface area contributed by atoms with Crippen molar-refractivity contribution in [3.8, 4) is 5.75 Å². The summed E-state index contributed by atoms with van der Waals surface area (Å²) in [6.45, 7) is 1.31. The van der Waals surface area contributed by atoms with Crippen molar-refractivity contribution in [1.82, 2.24) is 10.7 Å². The van der Waals surface area contributed by atoms with Crippen LogP contribution in [0.4, 0.5) is 0 Å². The maximum absolute atomic E-state index is 11.1. The van der Waals surface area contributed by atoms with Crippen molar-refractivity contribution < 1.29 is 24.5 Å². The van der Waals surface area contributed by atoms with Crippen molar-refractivity contribution in [3.05, 3.63) is 29.8 Å². The first-order valence-corrected chi connectivity index (χ1v) is 6.77. The molecule has 0 fully saturated rings. The van der Waals surface area contributed by atoms with Crippen LogP contribution >= 0.6 is 0 Å². The van der Waals surface area contributed by atoms with Gasteiger partial charge in [0.2, 0.25) is 5.91 Å². The summed E-state index contributed by atoms with van der Waals surface area (Å²) < 4.78 is 5.27. The van der Waals surface area contributed by atoms with Gasteiger partial charge in [0.25, 0.3) is 5.91 Å². The third-order valence-corrected chi connectivity index (χ3v) is 2.94. The molecule has 0 spiro atoms. The van der Waals surface area contributed by atoms with Gasteiger partial charge in [-0.05, 0) is 12.5 Å². The van der Waals surface area contributed by atoms with Gasteiger partial charge in [-0.2, -0.15) is 0 Å². The number of hydrogen-bond donors (Lipinski definition) is 5. The van der Waals surface area contributed by atoms with Gasteiger partial charge in [-0.15, -0.1) is 0 Å². The smallest absolute Gasteiger partial charge is 0.271 e. The van der Waals surface area contributed by atoms with E-state index < -0.39 is 18.1 Å². The molecule has 8 heteroatoms. The number of rotatable bonds is 8. The quantitative estimate of drug-likeness (QED) is 0.237. The molecule has 1 rings (SSSR count). The highest BCUT2D eigenvalue weighted by Crippen LogP contribution is 2.28. The van der Waals surface area contributed by atoms with E-state index in [2.05, 4.69) is 5.32 Å². The summed E-state index contributed by atoms with van der Waals surface area (Å²) in [5.74, 6) is 4.51. The number of benzene rings is 1. The van der Waals surface area contributed by atoms with Crippen molar-refractivity contribution in [2.75, 3.05) is 13.2 Å². The average Bonchev–Trinajstić information content (AvgIpc) is 2.51. The fourth-order valence-corrected chi connectivity index (χ4v) is 1.80.